The average Bonchev–Trinajstić information content (AvgIpc) is 2.59. The van der Waals surface area contributed by atoms with Crippen LogP contribution in [-0.4, -0.2) is 23.2 Å². The second-order valence-corrected chi connectivity index (χ2v) is 7.00. The predicted octanol–water partition coefficient (Wildman–Crippen LogP) is 4.12. The molecular formula is C20H20ClNO3. The van der Waals surface area contributed by atoms with Crippen molar-refractivity contribution < 1.29 is 14.3 Å². The number of carbonyl (C=O) groups excluding carboxylic acids is 2. The van der Waals surface area contributed by atoms with Crippen LogP contribution in [0.3, 0.4) is 0 Å². The summed E-state index contributed by atoms with van der Waals surface area (Å²) in [6.07, 6.45) is 0. The van der Waals surface area contributed by atoms with E-state index in [0.29, 0.717) is 23.5 Å². The van der Waals surface area contributed by atoms with E-state index < -0.39 is 5.60 Å². The first-order valence-corrected chi connectivity index (χ1v) is 8.65. The summed E-state index contributed by atoms with van der Waals surface area (Å²) in [5.41, 5.74) is 2.28. The molecule has 0 bridgehead atoms. The zero-order valence-corrected chi connectivity index (χ0v) is 15.3. The third-order valence-electron chi connectivity index (χ3n) is 4.28. The van der Waals surface area contributed by atoms with E-state index in [1.165, 1.54) is 0 Å². The molecule has 1 amide bonds. The van der Waals surface area contributed by atoms with E-state index in [1.807, 2.05) is 31.2 Å². The van der Waals surface area contributed by atoms with Gasteiger partial charge < -0.3 is 9.64 Å². The van der Waals surface area contributed by atoms with Crippen LogP contribution in [0.4, 0.5) is 5.69 Å². The van der Waals surface area contributed by atoms with E-state index in [2.05, 4.69) is 0 Å². The lowest BCUT2D eigenvalue weighted by Crippen LogP contribution is -2.52. The molecule has 1 aliphatic rings. The number of amides is 1. The third kappa shape index (κ3) is 3.40. The van der Waals surface area contributed by atoms with Gasteiger partial charge in [0.1, 0.15) is 5.75 Å². The van der Waals surface area contributed by atoms with Crippen molar-refractivity contribution in [2.75, 3.05) is 10.8 Å². The molecule has 0 aromatic heterocycles. The Morgan fingerprint density at radius 3 is 2.48 bits per heavy atom. The fourth-order valence-electron chi connectivity index (χ4n) is 2.85. The van der Waals surface area contributed by atoms with Crippen molar-refractivity contribution in [2.24, 2.45) is 0 Å². The summed E-state index contributed by atoms with van der Waals surface area (Å²) in [5.74, 6) is 0.160. The maximum atomic E-state index is 12.9. The molecule has 0 aliphatic carbocycles. The molecule has 130 valence electrons. The minimum absolute atomic E-state index is 0.100. The standard InChI is InChI=1S/C20H20ClNO3/c1-13-4-6-14(7-5-13)12-22-16-10-15(17(23)11-21)8-9-18(16)25-20(2,3)19(22)24/h4-10H,11-12H2,1-3H3. The molecule has 0 spiro atoms. The lowest BCUT2D eigenvalue weighted by molar-refractivity contribution is -0.132. The van der Waals surface area contributed by atoms with Gasteiger partial charge in [-0.25, -0.2) is 0 Å². The third-order valence-corrected chi connectivity index (χ3v) is 4.52. The van der Waals surface area contributed by atoms with Crippen molar-refractivity contribution in [2.45, 2.75) is 32.9 Å². The number of fused-ring (bicyclic) bond motifs is 1. The van der Waals surface area contributed by atoms with Gasteiger partial charge in [-0.3, -0.25) is 9.59 Å². The number of aryl methyl sites for hydroxylation is 1. The van der Waals surface area contributed by atoms with Gasteiger partial charge in [0.2, 0.25) is 0 Å². The summed E-state index contributed by atoms with van der Waals surface area (Å²) in [4.78, 5) is 26.5. The van der Waals surface area contributed by atoms with Crippen LogP contribution >= 0.6 is 11.6 Å². The van der Waals surface area contributed by atoms with E-state index in [4.69, 9.17) is 16.3 Å². The highest BCUT2D eigenvalue weighted by molar-refractivity contribution is 6.30. The molecule has 3 rings (SSSR count). The highest BCUT2D eigenvalue weighted by Crippen LogP contribution is 2.39. The normalized spacial score (nSPS) is 15.5. The molecule has 0 fully saturated rings. The molecule has 25 heavy (non-hydrogen) atoms. The number of Topliss-reactive ketones (excluding diaryl/α,β-unsaturated/α-hetero) is 1. The Morgan fingerprint density at radius 1 is 1.16 bits per heavy atom. The number of benzene rings is 2. The first-order chi connectivity index (χ1) is 11.8. The van der Waals surface area contributed by atoms with Crippen LogP contribution in [0, 0.1) is 6.92 Å². The summed E-state index contributed by atoms with van der Waals surface area (Å²) in [6, 6.07) is 13.1. The van der Waals surface area contributed by atoms with Gasteiger partial charge in [-0.05, 0) is 44.5 Å². The van der Waals surface area contributed by atoms with Crippen molar-refractivity contribution in [3.63, 3.8) is 0 Å². The monoisotopic (exact) mass is 357 g/mol. The zero-order valence-electron chi connectivity index (χ0n) is 14.5. The number of ether oxygens (including phenoxy) is 1. The molecule has 0 atom stereocenters. The number of anilines is 1. The number of nitrogens with zero attached hydrogens (tertiary/aromatic N) is 1. The fourth-order valence-corrected chi connectivity index (χ4v) is 3.01. The van der Waals surface area contributed by atoms with Gasteiger partial charge >= 0.3 is 0 Å². The smallest absolute Gasteiger partial charge is 0.271 e. The van der Waals surface area contributed by atoms with Crippen LogP contribution in [0.5, 0.6) is 5.75 Å². The maximum absolute atomic E-state index is 12.9. The number of hydrogen-bond acceptors (Lipinski definition) is 3. The number of ketones is 1. The maximum Gasteiger partial charge on any atom is 0.271 e. The largest absolute Gasteiger partial charge is 0.476 e. The van der Waals surface area contributed by atoms with Crippen molar-refractivity contribution in [1.82, 2.24) is 0 Å². The Hall–Kier alpha value is -2.33. The molecule has 0 unspecified atom stereocenters. The SMILES string of the molecule is Cc1ccc(CN2C(=O)C(C)(C)Oc3ccc(C(=O)CCl)cc32)cc1. The Morgan fingerprint density at radius 2 is 1.84 bits per heavy atom. The van der Waals surface area contributed by atoms with Gasteiger partial charge in [-0.15, -0.1) is 11.6 Å². The molecule has 0 N–H and O–H groups in total. The van der Waals surface area contributed by atoms with Crippen LogP contribution in [0.1, 0.15) is 35.3 Å². The van der Waals surface area contributed by atoms with Gasteiger partial charge in [0, 0.05) is 5.56 Å². The van der Waals surface area contributed by atoms with E-state index >= 15 is 0 Å². The molecule has 0 saturated heterocycles. The highest BCUT2D eigenvalue weighted by atomic mass is 35.5. The van der Waals surface area contributed by atoms with Crippen molar-refractivity contribution in [3.05, 3.63) is 59.2 Å². The number of hydrogen-bond donors (Lipinski definition) is 0. The summed E-state index contributed by atoms with van der Waals surface area (Å²) >= 11 is 5.66. The summed E-state index contributed by atoms with van der Waals surface area (Å²) in [7, 11) is 0. The first-order valence-electron chi connectivity index (χ1n) is 8.11. The van der Waals surface area contributed by atoms with Crippen molar-refractivity contribution >= 4 is 29.0 Å². The van der Waals surface area contributed by atoms with Crippen LogP contribution < -0.4 is 9.64 Å². The summed E-state index contributed by atoms with van der Waals surface area (Å²) in [5, 5.41) is 0. The molecule has 1 heterocycles. The molecule has 1 aliphatic heterocycles. The number of alkyl halides is 1. The minimum Gasteiger partial charge on any atom is -0.476 e. The highest BCUT2D eigenvalue weighted by Gasteiger charge is 2.41. The molecule has 0 saturated carbocycles. The Labute approximate surface area is 152 Å². The van der Waals surface area contributed by atoms with E-state index in [0.717, 1.165) is 11.1 Å². The molecule has 2 aromatic carbocycles. The lowest BCUT2D eigenvalue weighted by atomic mass is 10.0. The van der Waals surface area contributed by atoms with Crippen molar-refractivity contribution in [3.8, 4) is 5.75 Å². The van der Waals surface area contributed by atoms with Gasteiger partial charge in [0.05, 0.1) is 18.1 Å². The van der Waals surface area contributed by atoms with Crippen LogP contribution in [0.25, 0.3) is 0 Å². The Bertz CT molecular complexity index is 827. The summed E-state index contributed by atoms with van der Waals surface area (Å²) in [6.45, 7) is 5.93. The lowest BCUT2D eigenvalue weighted by Gasteiger charge is -2.39. The van der Waals surface area contributed by atoms with Gasteiger partial charge in [0.25, 0.3) is 5.91 Å². The fraction of sp³-hybridized carbons (Fsp3) is 0.300. The van der Waals surface area contributed by atoms with Crippen LogP contribution in [0.2, 0.25) is 0 Å². The number of rotatable bonds is 4. The van der Waals surface area contributed by atoms with Crippen molar-refractivity contribution in [1.29, 1.82) is 0 Å². The van der Waals surface area contributed by atoms with Gasteiger partial charge in [-0.1, -0.05) is 29.8 Å². The Kier molecular flexibility index (Phi) is 4.56. The van der Waals surface area contributed by atoms with E-state index in [9.17, 15) is 9.59 Å². The van der Waals surface area contributed by atoms with E-state index in [1.54, 1.807) is 36.9 Å². The van der Waals surface area contributed by atoms with Crippen LogP contribution in [-0.2, 0) is 11.3 Å². The number of carbonyl (C=O) groups is 2. The van der Waals surface area contributed by atoms with Gasteiger partial charge in [0.15, 0.2) is 11.4 Å². The average molecular weight is 358 g/mol. The minimum atomic E-state index is -0.963. The van der Waals surface area contributed by atoms with Gasteiger partial charge in [-0.2, -0.15) is 0 Å². The van der Waals surface area contributed by atoms with E-state index in [-0.39, 0.29) is 17.6 Å². The predicted molar refractivity (Wildman–Crippen MR) is 98.6 cm³/mol. The molecule has 5 heteroatoms. The Balaban J connectivity index is 2.04. The molecule has 0 radical (unpaired) electrons. The first kappa shape index (κ1) is 17.5. The second kappa shape index (κ2) is 6.52. The summed E-state index contributed by atoms with van der Waals surface area (Å²) < 4.78 is 5.85. The zero-order chi connectivity index (χ0) is 18.2. The van der Waals surface area contributed by atoms with Crippen LogP contribution in [0.15, 0.2) is 42.5 Å². The molecular weight excluding hydrogens is 338 g/mol. The topological polar surface area (TPSA) is 46.6 Å². The second-order valence-electron chi connectivity index (χ2n) is 6.73. The molecule has 2 aromatic rings. The quantitative estimate of drug-likeness (QED) is 0.610. The molecule has 4 nitrogen and oxygen atoms in total. The number of halogens is 1.